The SMILES string of the molecule is CCCCCCC=C(C)C(=O)OCCC. The van der Waals surface area contributed by atoms with Crippen LogP contribution >= 0.6 is 0 Å². The quantitative estimate of drug-likeness (QED) is 0.347. The fourth-order valence-corrected chi connectivity index (χ4v) is 1.28. The molecule has 0 aromatic carbocycles. The molecule has 0 radical (unpaired) electrons. The van der Waals surface area contributed by atoms with E-state index in [1.807, 2.05) is 19.9 Å². The maximum Gasteiger partial charge on any atom is 0.333 e. The van der Waals surface area contributed by atoms with Gasteiger partial charge < -0.3 is 4.74 Å². The van der Waals surface area contributed by atoms with Crippen LogP contribution in [0.15, 0.2) is 11.6 Å². The minimum atomic E-state index is -0.160. The molecule has 0 saturated heterocycles. The summed E-state index contributed by atoms with van der Waals surface area (Å²) in [6.07, 6.45) is 8.83. The van der Waals surface area contributed by atoms with Gasteiger partial charge in [0.2, 0.25) is 0 Å². The number of carbonyl (C=O) groups is 1. The van der Waals surface area contributed by atoms with Crippen LogP contribution < -0.4 is 0 Å². The minimum Gasteiger partial charge on any atom is -0.462 e. The van der Waals surface area contributed by atoms with Crippen molar-refractivity contribution in [1.82, 2.24) is 0 Å². The molecule has 0 saturated carbocycles. The standard InChI is InChI=1S/C13H24O2/c1-4-6-7-8-9-10-12(3)13(14)15-11-5-2/h10H,4-9,11H2,1-3H3. The number of carbonyl (C=O) groups excluding carboxylic acids is 1. The molecule has 88 valence electrons. The Bertz CT molecular complexity index is 195. The van der Waals surface area contributed by atoms with Gasteiger partial charge in [0, 0.05) is 5.57 Å². The Kier molecular flexibility index (Phi) is 9.24. The van der Waals surface area contributed by atoms with E-state index >= 15 is 0 Å². The largest absolute Gasteiger partial charge is 0.462 e. The van der Waals surface area contributed by atoms with Crippen molar-refractivity contribution in [1.29, 1.82) is 0 Å². The summed E-state index contributed by atoms with van der Waals surface area (Å²) in [6, 6.07) is 0. The molecule has 0 atom stereocenters. The first-order valence-corrected chi connectivity index (χ1v) is 6.06. The number of allylic oxidation sites excluding steroid dienone is 1. The van der Waals surface area contributed by atoms with Gasteiger partial charge in [0.1, 0.15) is 0 Å². The summed E-state index contributed by atoms with van der Waals surface area (Å²) in [7, 11) is 0. The van der Waals surface area contributed by atoms with Gasteiger partial charge in [0.25, 0.3) is 0 Å². The molecule has 0 amide bonds. The number of rotatable bonds is 8. The van der Waals surface area contributed by atoms with Crippen molar-refractivity contribution in [3.05, 3.63) is 11.6 Å². The predicted molar refractivity (Wildman–Crippen MR) is 63.8 cm³/mol. The Morgan fingerprint density at radius 1 is 1.13 bits per heavy atom. The molecule has 0 fully saturated rings. The highest BCUT2D eigenvalue weighted by Crippen LogP contribution is 2.06. The zero-order chi connectivity index (χ0) is 11.5. The van der Waals surface area contributed by atoms with Gasteiger partial charge in [0.15, 0.2) is 0 Å². The van der Waals surface area contributed by atoms with Gasteiger partial charge in [-0.2, -0.15) is 0 Å². The molecule has 0 aliphatic rings. The second-order valence-corrected chi connectivity index (χ2v) is 3.87. The number of ether oxygens (including phenoxy) is 1. The summed E-state index contributed by atoms with van der Waals surface area (Å²) < 4.78 is 5.02. The summed E-state index contributed by atoms with van der Waals surface area (Å²) in [5, 5.41) is 0. The molecule has 0 aromatic heterocycles. The van der Waals surface area contributed by atoms with Gasteiger partial charge in [-0.3, -0.25) is 0 Å². The van der Waals surface area contributed by atoms with Crippen molar-refractivity contribution in [2.24, 2.45) is 0 Å². The monoisotopic (exact) mass is 212 g/mol. The number of unbranched alkanes of at least 4 members (excludes halogenated alkanes) is 4. The van der Waals surface area contributed by atoms with Crippen LogP contribution in [0.2, 0.25) is 0 Å². The van der Waals surface area contributed by atoms with E-state index < -0.39 is 0 Å². The Morgan fingerprint density at radius 2 is 1.87 bits per heavy atom. The molecule has 2 heteroatoms. The van der Waals surface area contributed by atoms with E-state index in [-0.39, 0.29) is 5.97 Å². The van der Waals surface area contributed by atoms with E-state index in [9.17, 15) is 4.79 Å². The third kappa shape index (κ3) is 8.22. The molecule has 0 N–H and O–H groups in total. The van der Waals surface area contributed by atoms with Crippen LogP contribution in [0.5, 0.6) is 0 Å². The van der Waals surface area contributed by atoms with Gasteiger partial charge in [-0.1, -0.05) is 39.2 Å². The summed E-state index contributed by atoms with van der Waals surface area (Å²) in [5.74, 6) is -0.160. The van der Waals surface area contributed by atoms with Crippen molar-refractivity contribution in [2.75, 3.05) is 6.61 Å². The molecular weight excluding hydrogens is 188 g/mol. The second kappa shape index (κ2) is 9.75. The molecule has 0 aliphatic carbocycles. The van der Waals surface area contributed by atoms with E-state index in [0.29, 0.717) is 6.61 Å². The Labute approximate surface area is 93.7 Å². The molecular formula is C13H24O2. The third-order valence-electron chi connectivity index (χ3n) is 2.27. The topological polar surface area (TPSA) is 26.3 Å². The molecule has 0 aromatic rings. The van der Waals surface area contributed by atoms with Crippen molar-refractivity contribution in [3.63, 3.8) is 0 Å². The van der Waals surface area contributed by atoms with Gasteiger partial charge in [-0.05, 0) is 26.2 Å². The third-order valence-corrected chi connectivity index (χ3v) is 2.27. The lowest BCUT2D eigenvalue weighted by Gasteiger charge is -2.02. The van der Waals surface area contributed by atoms with E-state index in [1.54, 1.807) is 0 Å². The summed E-state index contributed by atoms with van der Waals surface area (Å²) in [6.45, 7) is 6.55. The first kappa shape index (κ1) is 14.2. The average molecular weight is 212 g/mol. The summed E-state index contributed by atoms with van der Waals surface area (Å²) >= 11 is 0. The van der Waals surface area contributed by atoms with Crippen molar-refractivity contribution >= 4 is 5.97 Å². The Hall–Kier alpha value is -0.790. The molecule has 0 rings (SSSR count). The van der Waals surface area contributed by atoms with Crippen LogP contribution in [-0.2, 0) is 9.53 Å². The van der Waals surface area contributed by atoms with Crippen LogP contribution in [0, 0.1) is 0 Å². The molecule has 0 aliphatic heterocycles. The molecule has 0 heterocycles. The fourth-order valence-electron chi connectivity index (χ4n) is 1.28. The fraction of sp³-hybridized carbons (Fsp3) is 0.769. The molecule has 0 bridgehead atoms. The normalized spacial score (nSPS) is 11.5. The van der Waals surface area contributed by atoms with Crippen LogP contribution in [0.4, 0.5) is 0 Å². The molecule has 0 spiro atoms. The highest BCUT2D eigenvalue weighted by atomic mass is 16.5. The zero-order valence-corrected chi connectivity index (χ0v) is 10.3. The van der Waals surface area contributed by atoms with E-state index in [4.69, 9.17) is 4.74 Å². The molecule has 0 unspecified atom stereocenters. The predicted octanol–water partition coefficient (Wildman–Crippen LogP) is 3.86. The smallest absolute Gasteiger partial charge is 0.333 e. The molecule has 2 nitrogen and oxygen atoms in total. The first-order chi connectivity index (χ1) is 7.22. The van der Waals surface area contributed by atoms with E-state index in [2.05, 4.69) is 6.92 Å². The number of hydrogen-bond acceptors (Lipinski definition) is 2. The van der Waals surface area contributed by atoms with Gasteiger partial charge >= 0.3 is 5.97 Å². The zero-order valence-electron chi connectivity index (χ0n) is 10.3. The highest BCUT2D eigenvalue weighted by molar-refractivity contribution is 5.87. The van der Waals surface area contributed by atoms with Crippen LogP contribution in [0.25, 0.3) is 0 Å². The van der Waals surface area contributed by atoms with E-state index in [1.165, 1.54) is 25.7 Å². The Morgan fingerprint density at radius 3 is 2.47 bits per heavy atom. The van der Waals surface area contributed by atoms with Crippen molar-refractivity contribution in [3.8, 4) is 0 Å². The van der Waals surface area contributed by atoms with Crippen molar-refractivity contribution in [2.45, 2.75) is 59.3 Å². The minimum absolute atomic E-state index is 0.160. The lowest BCUT2D eigenvalue weighted by Crippen LogP contribution is -2.06. The van der Waals surface area contributed by atoms with E-state index in [0.717, 1.165) is 18.4 Å². The van der Waals surface area contributed by atoms with Crippen molar-refractivity contribution < 1.29 is 9.53 Å². The number of esters is 1. The summed E-state index contributed by atoms with van der Waals surface area (Å²) in [4.78, 5) is 11.3. The van der Waals surface area contributed by atoms with Crippen LogP contribution in [-0.4, -0.2) is 12.6 Å². The number of hydrogen-bond donors (Lipinski definition) is 0. The maximum atomic E-state index is 11.3. The Balaban J connectivity index is 3.62. The highest BCUT2D eigenvalue weighted by Gasteiger charge is 2.03. The second-order valence-electron chi connectivity index (χ2n) is 3.87. The first-order valence-electron chi connectivity index (χ1n) is 6.06. The van der Waals surface area contributed by atoms with Crippen LogP contribution in [0.1, 0.15) is 59.3 Å². The molecule has 15 heavy (non-hydrogen) atoms. The lowest BCUT2D eigenvalue weighted by atomic mass is 10.1. The lowest BCUT2D eigenvalue weighted by molar-refractivity contribution is -0.139. The maximum absolute atomic E-state index is 11.3. The van der Waals surface area contributed by atoms with Gasteiger partial charge in [0.05, 0.1) is 6.61 Å². The van der Waals surface area contributed by atoms with Gasteiger partial charge in [-0.15, -0.1) is 0 Å². The van der Waals surface area contributed by atoms with Gasteiger partial charge in [-0.25, -0.2) is 4.79 Å². The van der Waals surface area contributed by atoms with Crippen LogP contribution in [0.3, 0.4) is 0 Å². The summed E-state index contributed by atoms with van der Waals surface area (Å²) in [5.41, 5.74) is 0.750. The average Bonchev–Trinajstić information content (AvgIpc) is 2.25.